The lowest BCUT2D eigenvalue weighted by molar-refractivity contribution is 0.0747. The van der Waals surface area contributed by atoms with Gasteiger partial charge in [0.2, 0.25) is 0 Å². The summed E-state index contributed by atoms with van der Waals surface area (Å²) in [6, 6.07) is 0. The van der Waals surface area contributed by atoms with Gasteiger partial charge in [-0.1, -0.05) is 0 Å². The Morgan fingerprint density at radius 3 is 2.56 bits per heavy atom. The van der Waals surface area contributed by atoms with E-state index < -0.39 is 0 Å². The number of aliphatic hydroxyl groups excluding tert-OH is 1. The van der Waals surface area contributed by atoms with Gasteiger partial charge in [-0.2, -0.15) is 0 Å². The Balaban J connectivity index is 2.23. The van der Waals surface area contributed by atoms with Gasteiger partial charge in [0.1, 0.15) is 0 Å². The van der Waals surface area contributed by atoms with Crippen molar-refractivity contribution in [1.82, 2.24) is 4.90 Å². The van der Waals surface area contributed by atoms with Crippen molar-refractivity contribution in [3.8, 4) is 0 Å². The summed E-state index contributed by atoms with van der Waals surface area (Å²) < 4.78 is 0. The SMILES string of the molecule is CN1CC(N)(CCO)C1. The molecular formula is C6H14N2O. The third-order valence-corrected chi connectivity index (χ3v) is 1.78. The number of aliphatic hydroxyl groups is 1. The summed E-state index contributed by atoms with van der Waals surface area (Å²) in [6.07, 6.45) is 0.733. The molecule has 1 rings (SSSR count). The monoisotopic (exact) mass is 130 g/mol. The molecule has 0 aromatic carbocycles. The van der Waals surface area contributed by atoms with E-state index in [1.807, 2.05) is 7.05 Å². The Hall–Kier alpha value is -0.120. The van der Waals surface area contributed by atoms with E-state index in [4.69, 9.17) is 10.8 Å². The van der Waals surface area contributed by atoms with Gasteiger partial charge in [0, 0.05) is 25.2 Å². The highest BCUT2D eigenvalue weighted by Crippen LogP contribution is 2.18. The summed E-state index contributed by atoms with van der Waals surface area (Å²) in [7, 11) is 2.03. The standard InChI is InChI=1S/C6H14N2O/c1-8-4-6(7,5-8)2-3-9/h9H,2-5,7H2,1H3. The molecule has 0 saturated carbocycles. The number of likely N-dealkylation sites (N-methyl/N-ethyl adjacent to an activating group) is 1. The zero-order valence-corrected chi connectivity index (χ0v) is 5.80. The molecule has 0 spiro atoms. The lowest BCUT2D eigenvalue weighted by Gasteiger charge is -2.45. The first-order valence-electron chi connectivity index (χ1n) is 3.25. The van der Waals surface area contributed by atoms with Crippen molar-refractivity contribution >= 4 is 0 Å². The molecule has 1 aliphatic rings. The van der Waals surface area contributed by atoms with E-state index in [2.05, 4.69) is 4.90 Å². The Morgan fingerprint density at radius 2 is 2.22 bits per heavy atom. The van der Waals surface area contributed by atoms with Crippen LogP contribution in [-0.2, 0) is 0 Å². The number of nitrogens with zero attached hydrogens (tertiary/aromatic N) is 1. The number of hydrogen-bond donors (Lipinski definition) is 2. The fraction of sp³-hybridized carbons (Fsp3) is 1.00. The van der Waals surface area contributed by atoms with Gasteiger partial charge in [-0.25, -0.2) is 0 Å². The molecule has 1 fully saturated rings. The first-order chi connectivity index (χ1) is 4.16. The zero-order chi connectivity index (χ0) is 6.91. The minimum atomic E-state index is -0.0799. The number of hydrogen-bond acceptors (Lipinski definition) is 3. The lowest BCUT2D eigenvalue weighted by Crippen LogP contribution is -2.66. The van der Waals surface area contributed by atoms with Crippen LogP contribution in [0.3, 0.4) is 0 Å². The van der Waals surface area contributed by atoms with Gasteiger partial charge in [0.25, 0.3) is 0 Å². The van der Waals surface area contributed by atoms with Gasteiger partial charge < -0.3 is 15.7 Å². The summed E-state index contributed by atoms with van der Waals surface area (Å²) in [6.45, 7) is 2.06. The second-order valence-corrected chi connectivity index (χ2v) is 3.01. The van der Waals surface area contributed by atoms with Crippen LogP contribution in [-0.4, -0.2) is 42.3 Å². The molecule has 0 aromatic heterocycles. The van der Waals surface area contributed by atoms with Crippen molar-refractivity contribution in [2.45, 2.75) is 12.0 Å². The average molecular weight is 130 g/mol. The fourth-order valence-corrected chi connectivity index (χ4v) is 1.41. The normalized spacial score (nSPS) is 25.7. The molecule has 1 saturated heterocycles. The Kier molecular flexibility index (Phi) is 1.75. The molecule has 3 nitrogen and oxygen atoms in total. The van der Waals surface area contributed by atoms with E-state index in [1.54, 1.807) is 0 Å². The molecule has 54 valence electrons. The maximum absolute atomic E-state index is 8.55. The van der Waals surface area contributed by atoms with Crippen molar-refractivity contribution in [2.75, 3.05) is 26.7 Å². The molecule has 3 heteroatoms. The highest BCUT2D eigenvalue weighted by Gasteiger charge is 2.35. The predicted molar refractivity (Wildman–Crippen MR) is 36.1 cm³/mol. The molecule has 3 N–H and O–H groups in total. The fourth-order valence-electron chi connectivity index (χ4n) is 1.41. The smallest absolute Gasteiger partial charge is 0.0449 e. The third-order valence-electron chi connectivity index (χ3n) is 1.78. The van der Waals surface area contributed by atoms with Crippen LogP contribution < -0.4 is 5.73 Å². The third kappa shape index (κ3) is 1.41. The van der Waals surface area contributed by atoms with Gasteiger partial charge in [0.05, 0.1) is 0 Å². The second kappa shape index (κ2) is 2.25. The van der Waals surface area contributed by atoms with Gasteiger partial charge in [-0.3, -0.25) is 0 Å². The second-order valence-electron chi connectivity index (χ2n) is 3.01. The number of likely N-dealkylation sites (tertiary alicyclic amines) is 1. The molecule has 0 bridgehead atoms. The quantitative estimate of drug-likeness (QED) is 0.504. The van der Waals surface area contributed by atoms with Gasteiger partial charge in [-0.05, 0) is 13.5 Å². The first kappa shape index (κ1) is 6.99. The summed E-state index contributed by atoms with van der Waals surface area (Å²) in [4.78, 5) is 2.15. The first-order valence-corrected chi connectivity index (χ1v) is 3.25. The van der Waals surface area contributed by atoms with Crippen molar-refractivity contribution in [3.05, 3.63) is 0 Å². The van der Waals surface area contributed by atoms with Crippen molar-refractivity contribution < 1.29 is 5.11 Å². The van der Waals surface area contributed by atoms with E-state index >= 15 is 0 Å². The van der Waals surface area contributed by atoms with Crippen LogP contribution in [0.5, 0.6) is 0 Å². The van der Waals surface area contributed by atoms with Crippen LogP contribution >= 0.6 is 0 Å². The van der Waals surface area contributed by atoms with Crippen LogP contribution in [0.4, 0.5) is 0 Å². The van der Waals surface area contributed by atoms with E-state index in [0.717, 1.165) is 19.5 Å². The van der Waals surface area contributed by atoms with Crippen molar-refractivity contribution in [2.24, 2.45) is 5.73 Å². The Morgan fingerprint density at radius 1 is 1.67 bits per heavy atom. The maximum atomic E-state index is 8.55. The number of rotatable bonds is 2. The molecule has 0 unspecified atom stereocenters. The largest absolute Gasteiger partial charge is 0.396 e. The average Bonchev–Trinajstić information content (AvgIpc) is 1.62. The van der Waals surface area contributed by atoms with Crippen molar-refractivity contribution in [1.29, 1.82) is 0 Å². The lowest BCUT2D eigenvalue weighted by atomic mass is 9.89. The van der Waals surface area contributed by atoms with Crippen LogP contribution in [0, 0.1) is 0 Å². The van der Waals surface area contributed by atoms with E-state index in [-0.39, 0.29) is 12.1 Å². The minimum absolute atomic E-state index is 0.0799. The molecule has 1 aliphatic heterocycles. The summed E-state index contributed by atoms with van der Waals surface area (Å²) in [5.41, 5.74) is 5.72. The molecule has 1 heterocycles. The van der Waals surface area contributed by atoms with Crippen LogP contribution in [0.1, 0.15) is 6.42 Å². The molecule has 9 heavy (non-hydrogen) atoms. The predicted octanol–water partition coefficient (Wildman–Crippen LogP) is -0.988. The van der Waals surface area contributed by atoms with Crippen molar-refractivity contribution in [3.63, 3.8) is 0 Å². The van der Waals surface area contributed by atoms with E-state index in [1.165, 1.54) is 0 Å². The van der Waals surface area contributed by atoms with Crippen LogP contribution in [0.15, 0.2) is 0 Å². The number of nitrogens with two attached hydrogens (primary N) is 1. The molecule has 0 amide bonds. The van der Waals surface area contributed by atoms with Crippen LogP contribution in [0.25, 0.3) is 0 Å². The molecule has 0 aromatic rings. The minimum Gasteiger partial charge on any atom is -0.396 e. The molecule has 0 aliphatic carbocycles. The van der Waals surface area contributed by atoms with Gasteiger partial charge >= 0.3 is 0 Å². The van der Waals surface area contributed by atoms with Gasteiger partial charge in [-0.15, -0.1) is 0 Å². The van der Waals surface area contributed by atoms with Crippen LogP contribution in [0.2, 0.25) is 0 Å². The van der Waals surface area contributed by atoms with E-state index in [0.29, 0.717) is 0 Å². The Bertz CT molecular complexity index is 93.7. The Labute approximate surface area is 55.5 Å². The molecular weight excluding hydrogens is 116 g/mol. The molecule has 0 radical (unpaired) electrons. The summed E-state index contributed by atoms with van der Waals surface area (Å²) in [5.74, 6) is 0. The molecule has 0 atom stereocenters. The topological polar surface area (TPSA) is 49.5 Å². The zero-order valence-electron chi connectivity index (χ0n) is 5.80. The maximum Gasteiger partial charge on any atom is 0.0449 e. The summed E-state index contributed by atoms with van der Waals surface area (Å²) >= 11 is 0. The highest BCUT2D eigenvalue weighted by molar-refractivity contribution is 4.97. The van der Waals surface area contributed by atoms with Gasteiger partial charge in [0.15, 0.2) is 0 Å². The van der Waals surface area contributed by atoms with E-state index in [9.17, 15) is 0 Å². The highest BCUT2D eigenvalue weighted by atomic mass is 16.3. The summed E-state index contributed by atoms with van der Waals surface area (Å²) in [5, 5.41) is 8.55.